The van der Waals surface area contributed by atoms with Crippen molar-refractivity contribution in [3.05, 3.63) is 65.4 Å². The first-order valence-corrected chi connectivity index (χ1v) is 7.93. The number of hydrogen-bond donors (Lipinski definition) is 4. The predicted molar refractivity (Wildman–Crippen MR) is 99.6 cm³/mol. The van der Waals surface area contributed by atoms with Crippen molar-refractivity contribution in [3.8, 4) is 5.75 Å². The molecule has 0 bridgehead atoms. The molecule has 4 N–H and O–H groups in total. The number of aryl methyl sites for hydroxylation is 2. The topological polar surface area (TPSA) is 107 Å². The molecule has 0 spiro atoms. The Labute approximate surface area is 150 Å². The molecular formula is C19H18N4O3. The van der Waals surface area contributed by atoms with Crippen molar-refractivity contribution in [1.29, 1.82) is 0 Å². The minimum atomic E-state index is -1.20. The Balaban J connectivity index is 1.81. The van der Waals surface area contributed by atoms with Crippen LogP contribution < -0.4 is 10.6 Å². The molecule has 0 aliphatic carbocycles. The maximum atomic E-state index is 11.1. The summed E-state index contributed by atoms with van der Waals surface area (Å²) in [5, 5.41) is 24.8. The Morgan fingerprint density at radius 2 is 1.85 bits per heavy atom. The second kappa shape index (κ2) is 7.10. The van der Waals surface area contributed by atoms with Gasteiger partial charge in [-0.05, 0) is 49.7 Å². The summed E-state index contributed by atoms with van der Waals surface area (Å²) >= 11 is 0. The molecular weight excluding hydrogens is 332 g/mol. The zero-order valence-corrected chi connectivity index (χ0v) is 14.3. The van der Waals surface area contributed by atoms with Crippen LogP contribution in [0.4, 0.5) is 23.1 Å². The van der Waals surface area contributed by atoms with E-state index in [4.69, 9.17) is 5.11 Å². The van der Waals surface area contributed by atoms with Gasteiger partial charge in [0.05, 0.1) is 0 Å². The number of aromatic carboxylic acids is 1. The molecule has 0 saturated heterocycles. The fourth-order valence-corrected chi connectivity index (χ4v) is 2.50. The molecule has 1 heterocycles. The van der Waals surface area contributed by atoms with Crippen LogP contribution in [-0.4, -0.2) is 26.2 Å². The van der Waals surface area contributed by atoms with Crippen molar-refractivity contribution >= 4 is 29.1 Å². The molecule has 0 saturated carbocycles. The minimum absolute atomic E-state index is 0.183. The second-order valence-corrected chi connectivity index (χ2v) is 5.87. The number of aromatic nitrogens is 2. The van der Waals surface area contributed by atoms with E-state index in [0.717, 1.165) is 11.3 Å². The third-order valence-corrected chi connectivity index (χ3v) is 3.78. The first kappa shape index (κ1) is 17.2. The van der Waals surface area contributed by atoms with Gasteiger partial charge in [0, 0.05) is 17.6 Å². The smallest absolute Gasteiger partial charge is 0.339 e. The normalized spacial score (nSPS) is 10.4. The van der Waals surface area contributed by atoms with E-state index in [1.54, 1.807) is 18.3 Å². The summed E-state index contributed by atoms with van der Waals surface area (Å²) in [6.45, 7) is 4.03. The van der Waals surface area contributed by atoms with Crippen molar-refractivity contribution in [2.45, 2.75) is 13.8 Å². The summed E-state index contributed by atoms with van der Waals surface area (Å²) in [6.07, 6.45) is 1.60. The molecule has 0 atom stereocenters. The van der Waals surface area contributed by atoms with Gasteiger partial charge in [0.25, 0.3) is 0 Å². The third kappa shape index (κ3) is 3.89. The van der Waals surface area contributed by atoms with Gasteiger partial charge in [0.2, 0.25) is 5.95 Å². The van der Waals surface area contributed by atoms with E-state index < -0.39 is 5.97 Å². The Bertz CT molecular complexity index is 973. The standard InChI is InChI=1S/C19H18N4O3/c1-11-3-5-15(12(2)9-11)22-19-20-8-7-17(23-19)21-13-4-6-16(24)14(10-13)18(25)26/h3-10,24H,1-2H3,(H,25,26)(H2,20,21,22,23). The van der Waals surface area contributed by atoms with Crippen molar-refractivity contribution in [2.24, 2.45) is 0 Å². The quantitative estimate of drug-likeness (QED) is 0.515. The Morgan fingerprint density at radius 1 is 1.04 bits per heavy atom. The van der Waals surface area contributed by atoms with E-state index in [9.17, 15) is 9.90 Å². The van der Waals surface area contributed by atoms with E-state index >= 15 is 0 Å². The molecule has 0 unspecified atom stereocenters. The first-order valence-electron chi connectivity index (χ1n) is 7.93. The third-order valence-electron chi connectivity index (χ3n) is 3.78. The van der Waals surface area contributed by atoms with Crippen molar-refractivity contribution < 1.29 is 15.0 Å². The SMILES string of the molecule is Cc1ccc(Nc2nccc(Nc3ccc(O)c(C(=O)O)c3)n2)c(C)c1. The monoisotopic (exact) mass is 350 g/mol. The van der Waals surface area contributed by atoms with Gasteiger partial charge in [-0.25, -0.2) is 9.78 Å². The number of nitrogens with zero attached hydrogens (tertiary/aromatic N) is 2. The van der Waals surface area contributed by atoms with Crippen LogP contribution in [0.3, 0.4) is 0 Å². The maximum Gasteiger partial charge on any atom is 0.339 e. The van der Waals surface area contributed by atoms with Crippen molar-refractivity contribution in [1.82, 2.24) is 9.97 Å². The molecule has 3 aromatic rings. The highest BCUT2D eigenvalue weighted by Gasteiger charge is 2.11. The van der Waals surface area contributed by atoms with Crippen LogP contribution in [0.25, 0.3) is 0 Å². The largest absolute Gasteiger partial charge is 0.507 e. The molecule has 3 rings (SSSR count). The number of carboxylic acids is 1. The number of phenols is 1. The molecule has 1 aromatic heterocycles. The van der Waals surface area contributed by atoms with Crippen LogP contribution in [0.2, 0.25) is 0 Å². The second-order valence-electron chi connectivity index (χ2n) is 5.87. The minimum Gasteiger partial charge on any atom is -0.507 e. The predicted octanol–water partition coefficient (Wildman–Crippen LogP) is 3.98. The summed E-state index contributed by atoms with van der Waals surface area (Å²) in [4.78, 5) is 19.7. The maximum absolute atomic E-state index is 11.1. The van der Waals surface area contributed by atoms with Crippen molar-refractivity contribution in [3.63, 3.8) is 0 Å². The zero-order valence-electron chi connectivity index (χ0n) is 14.3. The van der Waals surface area contributed by atoms with Gasteiger partial charge >= 0.3 is 5.97 Å². The Morgan fingerprint density at radius 3 is 2.58 bits per heavy atom. The molecule has 132 valence electrons. The summed E-state index contributed by atoms with van der Waals surface area (Å²) in [6, 6.07) is 11.9. The molecule has 26 heavy (non-hydrogen) atoms. The summed E-state index contributed by atoms with van der Waals surface area (Å²) in [5.74, 6) is -0.581. The summed E-state index contributed by atoms with van der Waals surface area (Å²) < 4.78 is 0. The van der Waals surface area contributed by atoms with Gasteiger partial charge in [-0.2, -0.15) is 4.98 Å². The molecule has 0 aliphatic heterocycles. The average Bonchev–Trinajstić information content (AvgIpc) is 2.59. The number of nitrogens with one attached hydrogen (secondary N) is 2. The number of aromatic hydroxyl groups is 1. The molecule has 0 aliphatic rings. The first-order chi connectivity index (χ1) is 12.4. The number of hydrogen-bond acceptors (Lipinski definition) is 6. The highest BCUT2D eigenvalue weighted by molar-refractivity contribution is 5.92. The van der Waals surface area contributed by atoms with Crippen LogP contribution in [0.15, 0.2) is 48.7 Å². The Kier molecular flexibility index (Phi) is 4.70. The fourth-order valence-electron chi connectivity index (χ4n) is 2.50. The van der Waals surface area contributed by atoms with Crippen LogP contribution in [-0.2, 0) is 0 Å². The van der Waals surface area contributed by atoms with E-state index in [-0.39, 0.29) is 11.3 Å². The van der Waals surface area contributed by atoms with E-state index in [0.29, 0.717) is 17.5 Å². The molecule has 7 heteroatoms. The highest BCUT2D eigenvalue weighted by Crippen LogP contribution is 2.24. The van der Waals surface area contributed by atoms with Crippen molar-refractivity contribution in [2.75, 3.05) is 10.6 Å². The molecule has 0 radical (unpaired) electrons. The summed E-state index contributed by atoms with van der Waals surface area (Å²) in [7, 11) is 0. The van der Waals surface area contributed by atoms with Gasteiger partial charge in [0.15, 0.2) is 0 Å². The van der Waals surface area contributed by atoms with Gasteiger partial charge in [-0.3, -0.25) is 0 Å². The number of anilines is 4. The lowest BCUT2D eigenvalue weighted by Gasteiger charge is -2.11. The van der Waals surface area contributed by atoms with Crippen LogP contribution in [0, 0.1) is 13.8 Å². The van der Waals surface area contributed by atoms with Crippen LogP contribution in [0.1, 0.15) is 21.5 Å². The summed E-state index contributed by atoms with van der Waals surface area (Å²) in [5.41, 5.74) is 3.47. The Hall–Kier alpha value is -3.61. The van der Waals surface area contributed by atoms with Gasteiger partial charge < -0.3 is 20.8 Å². The van der Waals surface area contributed by atoms with E-state index in [1.165, 1.54) is 17.7 Å². The van der Waals surface area contributed by atoms with Gasteiger partial charge in [-0.15, -0.1) is 0 Å². The lowest BCUT2D eigenvalue weighted by molar-refractivity contribution is 0.0694. The van der Waals surface area contributed by atoms with Gasteiger partial charge in [-0.1, -0.05) is 17.7 Å². The number of carbonyl (C=O) groups is 1. The fraction of sp³-hybridized carbons (Fsp3) is 0.105. The number of benzene rings is 2. The highest BCUT2D eigenvalue weighted by atomic mass is 16.4. The molecule has 0 fully saturated rings. The number of carboxylic acid groups (broad SMARTS) is 1. The number of rotatable bonds is 5. The average molecular weight is 350 g/mol. The van der Waals surface area contributed by atoms with Crippen LogP contribution >= 0.6 is 0 Å². The molecule has 0 amide bonds. The van der Waals surface area contributed by atoms with E-state index in [1.807, 2.05) is 26.0 Å². The lowest BCUT2D eigenvalue weighted by Crippen LogP contribution is -2.02. The molecule has 2 aromatic carbocycles. The molecule has 7 nitrogen and oxygen atoms in total. The zero-order chi connectivity index (χ0) is 18.7. The van der Waals surface area contributed by atoms with E-state index in [2.05, 4.69) is 26.7 Å². The van der Waals surface area contributed by atoms with Gasteiger partial charge in [0.1, 0.15) is 17.1 Å². The lowest BCUT2D eigenvalue weighted by atomic mass is 10.1. The van der Waals surface area contributed by atoms with Crippen LogP contribution in [0.5, 0.6) is 5.75 Å².